The Morgan fingerprint density at radius 3 is 2.82 bits per heavy atom. The van der Waals surface area contributed by atoms with Crippen LogP contribution in [0.15, 0.2) is 24.3 Å². The number of carbonyl (C=O) groups excluding carboxylic acids is 1. The van der Waals surface area contributed by atoms with Crippen molar-refractivity contribution >= 4 is 32.6 Å². The quantitative estimate of drug-likeness (QED) is 0.701. The Morgan fingerprint density at radius 1 is 1.36 bits per heavy atom. The fourth-order valence-corrected chi connectivity index (χ4v) is 3.31. The van der Waals surface area contributed by atoms with Gasteiger partial charge in [0.25, 0.3) is 0 Å². The smallest absolute Gasteiger partial charge is 0.242 e. The summed E-state index contributed by atoms with van der Waals surface area (Å²) in [5.41, 5.74) is 0.946. The van der Waals surface area contributed by atoms with E-state index < -0.39 is 0 Å². The Kier molecular flexibility index (Phi) is 6.30. The monoisotopic (exact) mass is 321 g/mol. The van der Waals surface area contributed by atoms with Crippen molar-refractivity contribution in [1.29, 1.82) is 0 Å². The van der Waals surface area contributed by atoms with Crippen molar-refractivity contribution in [2.45, 2.75) is 13.3 Å². The Hall–Kier alpha value is -1.50. The fourth-order valence-electron chi connectivity index (χ4n) is 2.27. The molecule has 120 valence electrons. The number of hydrogen-bond acceptors (Lipinski definition) is 5. The number of methoxy groups -OCH3 is 1. The van der Waals surface area contributed by atoms with E-state index in [9.17, 15) is 4.79 Å². The van der Waals surface area contributed by atoms with E-state index in [2.05, 4.69) is 4.98 Å². The lowest BCUT2D eigenvalue weighted by Crippen LogP contribution is -2.39. The highest BCUT2D eigenvalue weighted by Crippen LogP contribution is 2.28. The first kappa shape index (κ1) is 16.9. The van der Waals surface area contributed by atoms with Crippen molar-refractivity contribution in [3.8, 4) is 0 Å². The van der Waals surface area contributed by atoms with Gasteiger partial charge in [-0.25, -0.2) is 4.98 Å². The van der Waals surface area contributed by atoms with Crippen molar-refractivity contribution in [2.24, 2.45) is 0 Å². The van der Waals surface area contributed by atoms with Gasteiger partial charge in [0.05, 0.1) is 16.8 Å². The molecular weight excluding hydrogens is 298 g/mol. The van der Waals surface area contributed by atoms with Gasteiger partial charge < -0.3 is 4.74 Å². The average molecular weight is 321 g/mol. The predicted octanol–water partition coefficient (Wildman–Crippen LogP) is 2.62. The lowest BCUT2D eigenvalue weighted by Gasteiger charge is -2.22. The number of thiazole rings is 1. The van der Waals surface area contributed by atoms with Crippen LogP contribution < -0.4 is 4.90 Å². The number of hydrogen-bond donors (Lipinski definition) is 0. The van der Waals surface area contributed by atoms with Crippen LogP contribution in [0.5, 0.6) is 0 Å². The second kappa shape index (κ2) is 8.22. The molecular formula is C16H23N3O2S. The summed E-state index contributed by atoms with van der Waals surface area (Å²) in [6.07, 6.45) is 0.924. The molecule has 0 radical (unpaired) electrons. The topological polar surface area (TPSA) is 45.7 Å². The molecule has 1 heterocycles. The number of ether oxygens (including phenoxy) is 1. The van der Waals surface area contributed by atoms with Crippen LogP contribution >= 0.6 is 11.3 Å². The van der Waals surface area contributed by atoms with E-state index in [4.69, 9.17) is 4.74 Å². The Morgan fingerprint density at radius 2 is 2.14 bits per heavy atom. The van der Waals surface area contributed by atoms with Gasteiger partial charge in [0.2, 0.25) is 5.91 Å². The Balaban J connectivity index is 2.02. The van der Waals surface area contributed by atoms with Crippen molar-refractivity contribution in [3.63, 3.8) is 0 Å². The van der Waals surface area contributed by atoms with E-state index in [0.29, 0.717) is 19.7 Å². The largest absolute Gasteiger partial charge is 0.385 e. The minimum absolute atomic E-state index is 0.0847. The molecule has 0 aliphatic heterocycles. The third kappa shape index (κ3) is 4.25. The summed E-state index contributed by atoms with van der Waals surface area (Å²) in [4.78, 5) is 20.9. The first-order chi connectivity index (χ1) is 10.7. The number of amides is 1. The van der Waals surface area contributed by atoms with E-state index in [1.54, 1.807) is 23.3 Å². The lowest BCUT2D eigenvalue weighted by atomic mass is 10.3. The minimum atomic E-state index is 0.0847. The zero-order chi connectivity index (χ0) is 15.9. The van der Waals surface area contributed by atoms with Crippen LogP contribution in [0.2, 0.25) is 0 Å². The van der Waals surface area contributed by atoms with Gasteiger partial charge in [-0.2, -0.15) is 0 Å². The average Bonchev–Trinajstić information content (AvgIpc) is 2.91. The second-order valence-electron chi connectivity index (χ2n) is 5.19. The van der Waals surface area contributed by atoms with E-state index in [0.717, 1.165) is 28.3 Å². The van der Waals surface area contributed by atoms with Gasteiger partial charge in [-0.15, -0.1) is 0 Å². The van der Waals surface area contributed by atoms with E-state index in [-0.39, 0.29) is 5.91 Å². The second-order valence-corrected chi connectivity index (χ2v) is 6.20. The molecule has 1 aromatic heterocycles. The van der Waals surface area contributed by atoms with Crippen molar-refractivity contribution in [2.75, 3.05) is 45.3 Å². The van der Waals surface area contributed by atoms with Gasteiger partial charge in [-0.05, 0) is 32.5 Å². The molecule has 1 aromatic carbocycles. The van der Waals surface area contributed by atoms with E-state index in [1.165, 1.54) is 0 Å². The van der Waals surface area contributed by atoms with Crippen LogP contribution in [0.4, 0.5) is 5.13 Å². The van der Waals surface area contributed by atoms with Gasteiger partial charge in [0.15, 0.2) is 5.13 Å². The summed E-state index contributed by atoms with van der Waals surface area (Å²) < 4.78 is 6.15. The number of benzene rings is 1. The number of likely N-dealkylation sites (N-methyl/N-ethyl adjacent to an activating group) is 2. The molecule has 5 nitrogen and oxygen atoms in total. The highest BCUT2D eigenvalue weighted by Gasteiger charge is 2.19. The number of rotatable bonds is 8. The molecule has 22 heavy (non-hydrogen) atoms. The SMILES string of the molecule is CCN(C(=O)CN(C)CCCOC)c1nc2ccccc2s1. The molecule has 2 aromatic rings. The first-order valence-corrected chi connectivity index (χ1v) is 8.30. The van der Waals surface area contributed by atoms with Crippen LogP contribution in [0.1, 0.15) is 13.3 Å². The van der Waals surface area contributed by atoms with Crippen molar-refractivity contribution in [1.82, 2.24) is 9.88 Å². The summed E-state index contributed by atoms with van der Waals surface area (Å²) in [5, 5.41) is 0.777. The molecule has 0 saturated heterocycles. The summed E-state index contributed by atoms with van der Waals surface area (Å²) in [7, 11) is 3.65. The standard InChI is InChI=1S/C16H23N3O2S/c1-4-19(15(20)12-18(2)10-7-11-21-3)16-17-13-8-5-6-9-14(13)22-16/h5-6,8-9H,4,7,10-12H2,1-3H3. The zero-order valence-electron chi connectivity index (χ0n) is 13.4. The van der Waals surface area contributed by atoms with Crippen molar-refractivity contribution in [3.05, 3.63) is 24.3 Å². The normalized spacial score (nSPS) is 11.3. The number of carbonyl (C=O) groups is 1. The molecule has 0 bridgehead atoms. The summed E-state index contributed by atoms with van der Waals surface area (Å²) in [5.74, 6) is 0.0847. The molecule has 1 amide bonds. The third-order valence-corrected chi connectivity index (χ3v) is 4.48. The third-order valence-electron chi connectivity index (χ3n) is 3.42. The highest BCUT2D eigenvalue weighted by molar-refractivity contribution is 7.22. The molecule has 0 N–H and O–H groups in total. The van der Waals surface area contributed by atoms with Crippen LogP contribution in [-0.2, 0) is 9.53 Å². The highest BCUT2D eigenvalue weighted by atomic mass is 32.1. The number of nitrogens with zero attached hydrogens (tertiary/aromatic N) is 3. The Bertz CT molecular complexity index is 581. The predicted molar refractivity (Wildman–Crippen MR) is 91.6 cm³/mol. The molecule has 0 atom stereocenters. The molecule has 6 heteroatoms. The Labute approximate surface area is 135 Å². The first-order valence-electron chi connectivity index (χ1n) is 7.49. The van der Waals surface area contributed by atoms with Crippen LogP contribution in [0, 0.1) is 0 Å². The maximum absolute atomic E-state index is 12.5. The zero-order valence-corrected chi connectivity index (χ0v) is 14.2. The van der Waals surface area contributed by atoms with Gasteiger partial charge in [0, 0.05) is 26.8 Å². The minimum Gasteiger partial charge on any atom is -0.385 e. The van der Waals surface area contributed by atoms with Crippen LogP contribution in [0.25, 0.3) is 10.2 Å². The van der Waals surface area contributed by atoms with Gasteiger partial charge in [-0.3, -0.25) is 14.6 Å². The van der Waals surface area contributed by atoms with Gasteiger partial charge in [0.1, 0.15) is 0 Å². The lowest BCUT2D eigenvalue weighted by molar-refractivity contribution is -0.119. The molecule has 0 aliphatic carbocycles. The number of anilines is 1. The number of para-hydroxylation sites is 1. The molecule has 0 saturated carbocycles. The molecule has 2 rings (SSSR count). The van der Waals surface area contributed by atoms with Crippen LogP contribution in [0.3, 0.4) is 0 Å². The molecule has 0 fully saturated rings. The number of fused-ring (bicyclic) bond motifs is 1. The van der Waals surface area contributed by atoms with E-state index >= 15 is 0 Å². The van der Waals surface area contributed by atoms with E-state index in [1.807, 2.05) is 43.1 Å². The van der Waals surface area contributed by atoms with Gasteiger partial charge >= 0.3 is 0 Å². The number of aromatic nitrogens is 1. The van der Waals surface area contributed by atoms with Gasteiger partial charge in [-0.1, -0.05) is 23.5 Å². The molecule has 0 aliphatic rings. The molecule has 0 unspecified atom stereocenters. The molecule has 0 spiro atoms. The van der Waals surface area contributed by atoms with Crippen LogP contribution in [-0.4, -0.2) is 56.2 Å². The maximum atomic E-state index is 12.5. The summed E-state index contributed by atoms with van der Waals surface area (Å²) >= 11 is 1.56. The van der Waals surface area contributed by atoms with Crippen molar-refractivity contribution < 1.29 is 9.53 Å². The maximum Gasteiger partial charge on any atom is 0.242 e. The fraction of sp³-hybridized carbons (Fsp3) is 0.500. The summed E-state index contributed by atoms with van der Waals surface area (Å²) in [6.45, 7) is 4.57. The summed E-state index contributed by atoms with van der Waals surface area (Å²) in [6, 6.07) is 7.97.